The van der Waals surface area contributed by atoms with Crippen LogP contribution in [0, 0.1) is 0 Å². The molecule has 7 nitrogen and oxygen atoms in total. The monoisotopic (exact) mass is 290 g/mol. The minimum Gasteiger partial charge on any atom is -0.497 e. The molecule has 0 saturated heterocycles. The highest BCUT2D eigenvalue weighted by atomic mass is 16.5. The summed E-state index contributed by atoms with van der Waals surface area (Å²) in [7, 11) is 1.61. The summed E-state index contributed by atoms with van der Waals surface area (Å²) in [4.78, 5) is 8.46. The van der Waals surface area contributed by atoms with E-state index in [1.165, 1.54) is 0 Å². The fourth-order valence-corrected chi connectivity index (χ4v) is 1.62. The van der Waals surface area contributed by atoms with Crippen LogP contribution in [-0.4, -0.2) is 23.7 Å². The Morgan fingerprint density at radius 2 is 1.86 bits per heavy atom. The van der Waals surface area contributed by atoms with Gasteiger partial charge in [-0.1, -0.05) is 0 Å². The molecular weight excluding hydrogens is 272 g/mol. The molecule has 0 fully saturated rings. The van der Waals surface area contributed by atoms with Gasteiger partial charge in [0.15, 0.2) is 5.82 Å². The Balaban J connectivity index is 2.16. The van der Waals surface area contributed by atoms with E-state index in [0.717, 1.165) is 5.75 Å². The van der Waals surface area contributed by atoms with Crippen LogP contribution >= 0.6 is 0 Å². The summed E-state index contributed by atoms with van der Waals surface area (Å²) in [6.07, 6.45) is 0. The molecule has 0 radical (unpaired) electrons. The number of nitrogens with two attached hydrogens (primary N) is 1. The third-order valence-corrected chi connectivity index (χ3v) is 2.61. The quantitative estimate of drug-likeness (QED) is 0.596. The zero-order valence-corrected chi connectivity index (χ0v) is 12.0. The lowest BCUT2D eigenvalue weighted by molar-refractivity contribution is 0.128. The fourth-order valence-electron chi connectivity index (χ4n) is 1.62. The molecule has 0 saturated carbocycles. The molecule has 0 atom stereocenters. The van der Waals surface area contributed by atoms with E-state index < -0.39 is 0 Å². The van der Waals surface area contributed by atoms with E-state index in [4.69, 9.17) is 20.1 Å². The van der Waals surface area contributed by atoms with Gasteiger partial charge in [-0.05, 0) is 31.2 Å². The largest absolute Gasteiger partial charge is 0.497 e. The molecule has 0 bridgehead atoms. The highest BCUT2D eigenvalue weighted by Gasteiger charge is 2.06. The first-order valence-electron chi connectivity index (χ1n) is 6.49. The van der Waals surface area contributed by atoms with Gasteiger partial charge >= 0.3 is 0 Å². The lowest BCUT2D eigenvalue weighted by atomic mass is 10.3. The molecule has 1 heterocycles. The fraction of sp³-hybridized carbons (Fsp3) is 0.286. The number of rotatable bonds is 7. The number of benzene rings is 1. The predicted octanol–water partition coefficient (Wildman–Crippen LogP) is 2.10. The first-order valence-corrected chi connectivity index (χ1v) is 6.49. The van der Waals surface area contributed by atoms with Crippen LogP contribution in [-0.2, 0) is 11.3 Å². The van der Waals surface area contributed by atoms with Crippen molar-refractivity contribution in [1.29, 1.82) is 0 Å². The lowest BCUT2D eigenvalue weighted by Crippen LogP contribution is -2.11. The standard InChI is InChI=1S/C14H18N4O3/c1-3-20-9-13-16-12(18-15)8-14(17-13)21-11-6-4-10(19-2)5-7-11/h4-8H,3,9,15H2,1-2H3,(H,16,17,18). The number of nitrogens with one attached hydrogen (secondary N) is 1. The van der Waals surface area contributed by atoms with Gasteiger partial charge in [0.05, 0.1) is 7.11 Å². The highest BCUT2D eigenvalue weighted by molar-refractivity contribution is 5.39. The number of nitrogen functional groups attached to an aromatic ring is 1. The van der Waals surface area contributed by atoms with Crippen molar-refractivity contribution in [3.8, 4) is 17.4 Å². The number of methoxy groups -OCH3 is 1. The van der Waals surface area contributed by atoms with E-state index in [0.29, 0.717) is 36.5 Å². The zero-order chi connectivity index (χ0) is 15.1. The second-order valence-electron chi connectivity index (χ2n) is 4.07. The smallest absolute Gasteiger partial charge is 0.224 e. The third-order valence-electron chi connectivity index (χ3n) is 2.61. The number of nitrogens with zero attached hydrogens (tertiary/aromatic N) is 2. The van der Waals surface area contributed by atoms with Crippen LogP contribution in [0.25, 0.3) is 0 Å². The zero-order valence-electron chi connectivity index (χ0n) is 12.0. The second kappa shape index (κ2) is 7.41. The van der Waals surface area contributed by atoms with Crippen LogP contribution < -0.4 is 20.7 Å². The minimum atomic E-state index is 0.297. The average Bonchev–Trinajstić information content (AvgIpc) is 2.53. The molecule has 0 aliphatic rings. The van der Waals surface area contributed by atoms with E-state index in [1.807, 2.05) is 6.92 Å². The number of hydrazine groups is 1. The summed E-state index contributed by atoms with van der Waals surface area (Å²) in [5.41, 5.74) is 2.48. The first kappa shape index (κ1) is 15.0. The molecule has 21 heavy (non-hydrogen) atoms. The number of anilines is 1. The number of ether oxygens (including phenoxy) is 3. The Kier molecular flexibility index (Phi) is 5.30. The van der Waals surface area contributed by atoms with Crippen LogP contribution in [0.1, 0.15) is 12.7 Å². The molecule has 7 heteroatoms. The summed E-state index contributed by atoms with van der Waals surface area (Å²) in [6.45, 7) is 2.78. The van der Waals surface area contributed by atoms with E-state index >= 15 is 0 Å². The highest BCUT2D eigenvalue weighted by Crippen LogP contribution is 2.23. The van der Waals surface area contributed by atoms with E-state index in [-0.39, 0.29) is 0 Å². The molecule has 0 spiro atoms. The molecule has 3 N–H and O–H groups in total. The predicted molar refractivity (Wildman–Crippen MR) is 78.2 cm³/mol. The molecule has 0 amide bonds. The molecule has 0 unspecified atom stereocenters. The Morgan fingerprint density at radius 1 is 1.14 bits per heavy atom. The minimum absolute atomic E-state index is 0.297. The van der Waals surface area contributed by atoms with Gasteiger partial charge in [-0.3, -0.25) is 0 Å². The summed E-state index contributed by atoms with van der Waals surface area (Å²) < 4.78 is 16.1. The Bertz CT molecular complexity index is 575. The SMILES string of the molecule is CCOCc1nc(NN)cc(Oc2ccc(OC)cc2)n1. The molecule has 1 aromatic carbocycles. The number of hydrogen-bond donors (Lipinski definition) is 2. The number of aromatic nitrogens is 2. The lowest BCUT2D eigenvalue weighted by Gasteiger charge is -2.09. The van der Waals surface area contributed by atoms with Crippen molar-refractivity contribution in [2.24, 2.45) is 5.84 Å². The molecule has 0 aliphatic carbocycles. The van der Waals surface area contributed by atoms with Crippen LogP contribution in [0.2, 0.25) is 0 Å². The van der Waals surface area contributed by atoms with Gasteiger partial charge in [-0.25, -0.2) is 10.8 Å². The van der Waals surface area contributed by atoms with Gasteiger partial charge in [-0.15, -0.1) is 0 Å². The van der Waals surface area contributed by atoms with Crippen molar-refractivity contribution >= 4 is 5.82 Å². The van der Waals surface area contributed by atoms with Crippen LogP contribution in [0.15, 0.2) is 30.3 Å². The van der Waals surface area contributed by atoms with Crippen molar-refractivity contribution in [2.75, 3.05) is 19.1 Å². The molecule has 112 valence electrons. The summed E-state index contributed by atoms with van der Waals surface area (Å²) in [6, 6.07) is 8.80. The summed E-state index contributed by atoms with van der Waals surface area (Å²) in [5.74, 6) is 8.13. The summed E-state index contributed by atoms with van der Waals surface area (Å²) >= 11 is 0. The van der Waals surface area contributed by atoms with Gasteiger partial charge in [0.25, 0.3) is 0 Å². The van der Waals surface area contributed by atoms with Crippen molar-refractivity contribution in [1.82, 2.24) is 9.97 Å². The van der Waals surface area contributed by atoms with Crippen molar-refractivity contribution < 1.29 is 14.2 Å². The first-order chi connectivity index (χ1) is 10.2. The third kappa shape index (κ3) is 4.30. The summed E-state index contributed by atoms with van der Waals surface area (Å²) in [5, 5.41) is 0. The van der Waals surface area contributed by atoms with Gasteiger partial charge in [0.1, 0.15) is 23.9 Å². The van der Waals surface area contributed by atoms with Gasteiger partial charge in [0.2, 0.25) is 5.88 Å². The maximum atomic E-state index is 5.68. The topological polar surface area (TPSA) is 91.5 Å². The van der Waals surface area contributed by atoms with Crippen molar-refractivity contribution in [3.05, 3.63) is 36.2 Å². The van der Waals surface area contributed by atoms with E-state index in [9.17, 15) is 0 Å². The van der Waals surface area contributed by atoms with Gasteiger partial charge in [0, 0.05) is 12.7 Å². The molecule has 2 aromatic rings. The van der Waals surface area contributed by atoms with Crippen LogP contribution in [0.4, 0.5) is 5.82 Å². The van der Waals surface area contributed by atoms with E-state index in [1.54, 1.807) is 37.4 Å². The molecule has 1 aromatic heterocycles. The van der Waals surface area contributed by atoms with E-state index in [2.05, 4.69) is 15.4 Å². The Labute approximate surface area is 123 Å². The van der Waals surface area contributed by atoms with Crippen molar-refractivity contribution in [2.45, 2.75) is 13.5 Å². The van der Waals surface area contributed by atoms with Crippen LogP contribution in [0.3, 0.4) is 0 Å². The maximum absolute atomic E-state index is 5.68. The Morgan fingerprint density at radius 3 is 2.48 bits per heavy atom. The van der Waals surface area contributed by atoms with Crippen molar-refractivity contribution in [3.63, 3.8) is 0 Å². The Hall–Kier alpha value is -2.38. The normalized spacial score (nSPS) is 10.2. The van der Waals surface area contributed by atoms with Crippen LogP contribution in [0.5, 0.6) is 17.4 Å². The second-order valence-corrected chi connectivity index (χ2v) is 4.07. The maximum Gasteiger partial charge on any atom is 0.224 e. The van der Waals surface area contributed by atoms with Gasteiger partial charge in [-0.2, -0.15) is 4.98 Å². The molecular formula is C14H18N4O3. The molecule has 2 rings (SSSR count). The molecule has 0 aliphatic heterocycles. The number of hydrogen-bond acceptors (Lipinski definition) is 7. The average molecular weight is 290 g/mol. The van der Waals surface area contributed by atoms with Gasteiger partial charge < -0.3 is 19.6 Å².